The Morgan fingerprint density at radius 2 is 1.73 bits per heavy atom. The molecule has 2 aliphatic rings. The minimum absolute atomic E-state index is 0.0449. The fourth-order valence-corrected chi connectivity index (χ4v) is 4.37. The standard InChI is InChI=1S/C22H31BrN4O3/c1-22(2,3)21(30)27-10-4-5-16(14-27)20(29)26-11-8-15(9-12-26)19(28)25-18-7-6-17(23)13-24-18/h6-7,13,15-16H,4-5,8-12,14H2,1-3H3,(H,24,25,28). The Bertz CT molecular complexity index is 783. The number of pyridine rings is 1. The number of halogens is 1. The summed E-state index contributed by atoms with van der Waals surface area (Å²) in [6.07, 6.45) is 4.62. The lowest BCUT2D eigenvalue weighted by atomic mass is 9.89. The predicted molar refractivity (Wildman–Crippen MR) is 119 cm³/mol. The summed E-state index contributed by atoms with van der Waals surface area (Å²) in [6, 6.07) is 3.59. The average molecular weight is 479 g/mol. The maximum atomic E-state index is 13.0. The number of carbonyl (C=O) groups excluding carboxylic acids is 3. The monoisotopic (exact) mass is 478 g/mol. The van der Waals surface area contributed by atoms with Gasteiger partial charge in [0.15, 0.2) is 0 Å². The topological polar surface area (TPSA) is 82.6 Å². The Hall–Kier alpha value is -1.96. The number of anilines is 1. The van der Waals surface area contributed by atoms with Gasteiger partial charge in [-0.25, -0.2) is 4.98 Å². The van der Waals surface area contributed by atoms with Crippen LogP contribution in [0.15, 0.2) is 22.8 Å². The molecule has 1 N–H and O–H groups in total. The number of likely N-dealkylation sites (tertiary alicyclic amines) is 2. The maximum absolute atomic E-state index is 13.0. The van der Waals surface area contributed by atoms with Gasteiger partial charge in [-0.05, 0) is 53.7 Å². The van der Waals surface area contributed by atoms with E-state index in [1.54, 1.807) is 12.3 Å². The minimum atomic E-state index is -0.430. The second-order valence-corrected chi connectivity index (χ2v) is 10.2. The van der Waals surface area contributed by atoms with Crippen LogP contribution < -0.4 is 5.32 Å². The van der Waals surface area contributed by atoms with Crippen molar-refractivity contribution in [1.29, 1.82) is 0 Å². The van der Waals surface area contributed by atoms with Crippen molar-refractivity contribution >= 4 is 39.5 Å². The summed E-state index contributed by atoms with van der Waals surface area (Å²) in [5.41, 5.74) is -0.430. The summed E-state index contributed by atoms with van der Waals surface area (Å²) >= 11 is 3.33. The maximum Gasteiger partial charge on any atom is 0.228 e. The van der Waals surface area contributed by atoms with E-state index in [4.69, 9.17) is 0 Å². The van der Waals surface area contributed by atoms with Crippen LogP contribution >= 0.6 is 15.9 Å². The van der Waals surface area contributed by atoms with Crippen LogP contribution in [-0.4, -0.2) is 58.7 Å². The van der Waals surface area contributed by atoms with Crippen molar-refractivity contribution in [1.82, 2.24) is 14.8 Å². The van der Waals surface area contributed by atoms with Crippen LogP contribution in [0.2, 0.25) is 0 Å². The smallest absolute Gasteiger partial charge is 0.228 e. The number of carbonyl (C=O) groups is 3. The van der Waals surface area contributed by atoms with Gasteiger partial charge in [0.05, 0.1) is 5.92 Å². The summed E-state index contributed by atoms with van der Waals surface area (Å²) < 4.78 is 0.859. The van der Waals surface area contributed by atoms with Crippen LogP contribution in [0.4, 0.5) is 5.82 Å². The van der Waals surface area contributed by atoms with E-state index < -0.39 is 5.41 Å². The van der Waals surface area contributed by atoms with Crippen molar-refractivity contribution in [2.24, 2.45) is 17.3 Å². The summed E-state index contributed by atoms with van der Waals surface area (Å²) in [4.78, 5) is 46.1. The van der Waals surface area contributed by atoms with E-state index in [9.17, 15) is 14.4 Å². The molecule has 164 valence electrons. The predicted octanol–water partition coefficient (Wildman–Crippen LogP) is 3.31. The first-order valence-corrected chi connectivity index (χ1v) is 11.4. The fraction of sp³-hybridized carbons (Fsp3) is 0.636. The van der Waals surface area contributed by atoms with Crippen LogP contribution in [-0.2, 0) is 14.4 Å². The molecule has 0 aromatic carbocycles. The van der Waals surface area contributed by atoms with Gasteiger partial charge < -0.3 is 15.1 Å². The number of rotatable bonds is 3. The number of hydrogen-bond donors (Lipinski definition) is 1. The molecule has 2 saturated heterocycles. The first-order valence-electron chi connectivity index (χ1n) is 10.7. The van der Waals surface area contributed by atoms with E-state index in [1.807, 2.05) is 36.6 Å². The molecule has 2 fully saturated rings. The van der Waals surface area contributed by atoms with Gasteiger partial charge in [0.2, 0.25) is 17.7 Å². The van der Waals surface area contributed by atoms with Crippen molar-refractivity contribution in [2.75, 3.05) is 31.5 Å². The summed E-state index contributed by atoms with van der Waals surface area (Å²) in [5.74, 6) is 0.461. The highest BCUT2D eigenvalue weighted by Crippen LogP contribution is 2.27. The largest absolute Gasteiger partial charge is 0.342 e. The van der Waals surface area contributed by atoms with Crippen LogP contribution in [0, 0.1) is 17.3 Å². The van der Waals surface area contributed by atoms with Gasteiger partial charge in [-0.15, -0.1) is 0 Å². The van der Waals surface area contributed by atoms with Gasteiger partial charge in [0, 0.05) is 48.2 Å². The SMILES string of the molecule is CC(C)(C)C(=O)N1CCCC(C(=O)N2CCC(C(=O)Nc3ccc(Br)cn3)CC2)C1. The molecule has 2 aliphatic heterocycles. The summed E-state index contributed by atoms with van der Waals surface area (Å²) in [6.45, 7) is 8.14. The van der Waals surface area contributed by atoms with Crippen molar-refractivity contribution in [2.45, 2.75) is 46.5 Å². The van der Waals surface area contributed by atoms with Crippen LogP contribution in [0.25, 0.3) is 0 Å². The van der Waals surface area contributed by atoms with Crippen LogP contribution in [0.3, 0.4) is 0 Å². The number of piperidine rings is 2. The Morgan fingerprint density at radius 3 is 2.33 bits per heavy atom. The zero-order valence-corrected chi connectivity index (χ0v) is 19.6. The highest BCUT2D eigenvalue weighted by atomic mass is 79.9. The van der Waals surface area contributed by atoms with Crippen LogP contribution in [0.5, 0.6) is 0 Å². The van der Waals surface area contributed by atoms with E-state index in [0.717, 1.165) is 23.9 Å². The summed E-state index contributed by atoms with van der Waals surface area (Å²) in [7, 11) is 0. The first kappa shape index (κ1) is 22.7. The highest BCUT2D eigenvalue weighted by Gasteiger charge is 2.36. The molecule has 8 heteroatoms. The highest BCUT2D eigenvalue weighted by molar-refractivity contribution is 9.10. The Morgan fingerprint density at radius 1 is 1.03 bits per heavy atom. The van der Waals surface area contributed by atoms with Gasteiger partial charge in [-0.2, -0.15) is 0 Å². The molecule has 1 aromatic heterocycles. The lowest BCUT2D eigenvalue weighted by Gasteiger charge is -2.39. The molecular weight excluding hydrogens is 448 g/mol. The molecule has 3 heterocycles. The van der Waals surface area contributed by atoms with E-state index >= 15 is 0 Å². The number of aromatic nitrogens is 1. The molecule has 3 amide bonds. The second-order valence-electron chi connectivity index (χ2n) is 9.29. The van der Waals surface area contributed by atoms with E-state index in [1.165, 1.54) is 0 Å². The van der Waals surface area contributed by atoms with Gasteiger partial charge >= 0.3 is 0 Å². The second kappa shape index (κ2) is 9.45. The Kier molecular flexibility index (Phi) is 7.16. The Balaban J connectivity index is 1.50. The molecule has 30 heavy (non-hydrogen) atoms. The molecular formula is C22H31BrN4O3. The average Bonchev–Trinajstić information content (AvgIpc) is 2.74. The normalized spacial score (nSPS) is 20.7. The quantitative estimate of drug-likeness (QED) is 0.722. The van der Waals surface area contributed by atoms with E-state index in [0.29, 0.717) is 38.3 Å². The Labute approximate surface area is 186 Å². The first-order chi connectivity index (χ1) is 14.1. The molecule has 1 aromatic rings. The molecule has 0 saturated carbocycles. The zero-order chi connectivity index (χ0) is 21.9. The van der Waals surface area contributed by atoms with Crippen molar-refractivity contribution in [3.05, 3.63) is 22.8 Å². The summed E-state index contributed by atoms with van der Waals surface area (Å²) in [5, 5.41) is 2.86. The van der Waals surface area contributed by atoms with Crippen molar-refractivity contribution in [3.63, 3.8) is 0 Å². The third-order valence-electron chi connectivity index (χ3n) is 5.86. The van der Waals surface area contributed by atoms with Crippen LogP contribution in [0.1, 0.15) is 46.5 Å². The lowest BCUT2D eigenvalue weighted by molar-refractivity contribution is -0.146. The van der Waals surface area contributed by atoms with Gasteiger partial charge in [-0.1, -0.05) is 20.8 Å². The third kappa shape index (κ3) is 5.59. The molecule has 1 unspecified atom stereocenters. The van der Waals surface area contributed by atoms with Gasteiger partial charge in [0.1, 0.15) is 5.82 Å². The molecule has 0 bridgehead atoms. The fourth-order valence-electron chi connectivity index (χ4n) is 4.14. The molecule has 3 rings (SSSR count). The van der Waals surface area contributed by atoms with Gasteiger partial charge in [0.25, 0.3) is 0 Å². The third-order valence-corrected chi connectivity index (χ3v) is 6.32. The molecule has 0 spiro atoms. The van der Waals surface area contributed by atoms with E-state index in [-0.39, 0.29) is 29.6 Å². The molecule has 0 radical (unpaired) electrons. The minimum Gasteiger partial charge on any atom is -0.342 e. The van der Waals surface area contributed by atoms with Crippen molar-refractivity contribution in [3.8, 4) is 0 Å². The van der Waals surface area contributed by atoms with E-state index in [2.05, 4.69) is 26.2 Å². The zero-order valence-electron chi connectivity index (χ0n) is 18.0. The van der Waals surface area contributed by atoms with Gasteiger partial charge in [-0.3, -0.25) is 14.4 Å². The van der Waals surface area contributed by atoms with Crippen molar-refractivity contribution < 1.29 is 14.4 Å². The molecule has 7 nitrogen and oxygen atoms in total. The lowest BCUT2D eigenvalue weighted by Crippen LogP contribution is -2.51. The number of hydrogen-bond acceptors (Lipinski definition) is 4. The molecule has 0 aliphatic carbocycles. The number of amides is 3. The number of nitrogens with zero attached hydrogens (tertiary/aromatic N) is 3. The molecule has 1 atom stereocenters. The number of nitrogens with one attached hydrogen (secondary N) is 1.